The fourth-order valence-corrected chi connectivity index (χ4v) is 5.06. The van der Waals surface area contributed by atoms with E-state index in [4.69, 9.17) is 0 Å². The van der Waals surface area contributed by atoms with E-state index in [1.165, 1.54) is 41.8 Å². The van der Waals surface area contributed by atoms with Crippen molar-refractivity contribution in [2.75, 3.05) is 0 Å². The number of thiophene rings is 1. The summed E-state index contributed by atoms with van der Waals surface area (Å²) in [6.07, 6.45) is 0. The summed E-state index contributed by atoms with van der Waals surface area (Å²) in [5, 5.41) is 2.25. The molecule has 1 atom stereocenters. The molecule has 3 heteroatoms. The topological polar surface area (TPSA) is 0 Å². The molecule has 0 fully saturated rings. The molecule has 0 N–H and O–H groups in total. The summed E-state index contributed by atoms with van der Waals surface area (Å²) >= 11 is 8.10. The van der Waals surface area contributed by atoms with Gasteiger partial charge < -0.3 is 0 Å². The van der Waals surface area contributed by atoms with Gasteiger partial charge >= 0.3 is 0 Å². The van der Waals surface area contributed by atoms with Crippen molar-refractivity contribution in [1.82, 2.24) is 0 Å². The first-order chi connectivity index (χ1) is 8.84. The van der Waals surface area contributed by atoms with Crippen LogP contribution in [0.15, 0.2) is 11.4 Å². The molecule has 2 aromatic rings. The minimum atomic E-state index is 0.297. The lowest BCUT2D eigenvalue weighted by molar-refractivity contribution is 1.06. The van der Waals surface area contributed by atoms with Gasteiger partial charge in [0.2, 0.25) is 0 Å². The molecule has 0 aliphatic carbocycles. The lowest BCUT2D eigenvalue weighted by Crippen LogP contribution is -2.05. The average Bonchev–Trinajstić information content (AvgIpc) is 2.81. The van der Waals surface area contributed by atoms with Crippen LogP contribution < -0.4 is 0 Å². The summed E-state index contributed by atoms with van der Waals surface area (Å²) in [7, 11) is 0. The largest absolute Gasteiger partial charge is 0.137 e. The van der Waals surface area contributed by atoms with E-state index in [0.29, 0.717) is 4.83 Å². The van der Waals surface area contributed by atoms with Crippen molar-refractivity contribution in [3.8, 4) is 0 Å². The van der Waals surface area contributed by atoms with Crippen molar-refractivity contribution in [3.63, 3.8) is 0 Å². The molecule has 2 rings (SSSR count). The van der Waals surface area contributed by atoms with Gasteiger partial charge in [-0.3, -0.25) is 0 Å². The quantitative estimate of drug-likeness (QED) is 0.369. The summed E-state index contributed by atoms with van der Waals surface area (Å²) < 4.78 is 1.34. The number of hydrogen-bond donors (Lipinski definition) is 0. The SMILES string of the molecule is Cc1c(C)c(C)c(C(Br)c2csc(I)c2)c(C)c1C. The van der Waals surface area contributed by atoms with Crippen LogP contribution in [0.3, 0.4) is 0 Å². The fourth-order valence-electron chi connectivity index (χ4n) is 2.53. The summed E-state index contributed by atoms with van der Waals surface area (Å²) in [6, 6.07) is 2.27. The molecule has 1 unspecified atom stereocenters. The highest BCUT2D eigenvalue weighted by Crippen LogP contribution is 2.40. The Morgan fingerprint density at radius 2 is 1.42 bits per heavy atom. The lowest BCUT2D eigenvalue weighted by atomic mass is 9.87. The monoisotopic (exact) mass is 448 g/mol. The normalized spacial score (nSPS) is 12.8. The number of rotatable bonds is 2. The molecule has 1 aromatic heterocycles. The molecular weight excluding hydrogens is 431 g/mol. The number of hydrogen-bond acceptors (Lipinski definition) is 1. The third-order valence-corrected chi connectivity index (χ3v) is 6.99. The van der Waals surface area contributed by atoms with Crippen LogP contribution in [0.25, 0.3) is 0 Å². The highest BCUT2D eigenvalue weighted by atomic mass is 127. The minimum Gasteiger partial charge on any atom is -0.137 e. The standard InChI is InChI=1S/C16H18BrIS/c1-8-9(2)11(4)15(12(5)10(8)3)16(17)13-6-14(18)19-7-13/h6-7,16H,1-5H3. The Morgan fingerprint density at radius 3 is 1.84 bits per heavy atom. The maximum Gasteiger partial charge on any atom is 0.0658 e. The third-order valence-electron chi connectivity index (χ3n) is 4.19. The molecular formula is C16H18BrIS. The first kappa shape index (κ1) is 15.5. The van der Waals surface area contributed by atoms with Gasteiger partial charge in [-0.25, -0.2) is 0 Å². The van der Waals surface area contributed by atoms with E-state index in [-0.39, 0.29) is 0 Å². The van der Waals surface area contributed by atoms with Gasteiger partial charge in [0, 0.05) is 0 Å². The Balaban J connectivity index is 2.63. The van der Waals surface area contributed by atoms with Crippen LogP contribution in [0.5, 0.6) is 0 Å². The summed E-state index contributed by atoms with van der Waals surface area (Å²) in [4.78, 5) is 0.297. The zero-order valence-electron chi connectivity index (χ0n) is 11.9. The summed E-state index contributed by atoms with van der Waals surface area (Å²) in [5.74, 6) is 0. The van der Waals surface area contributed by atoms with Crippen molar-refractivity contribution in [2.45, 2.75) is 39.4 Å². The summed E-state index contributed by atoms with van der Waals surface area (Å²) in [5.41, 5.74) is 9.92. The van der Waals surface area contributed by atoms with Gasteiger partial charge in [-0.15, -0.1) is 11.3 Å². The van der Waals surface area contributed by atoms with E-state index in [0.717, 1.165) is 0 Å². The van der Waals surface area contributed by atoms with Crippen LogP contribution in [-0.4, -0.2) is 0 Å². The van der Waals surface area contributed by atoms with Crippen molar-refractivity contribution in [3.05, 3.63) is 53.3 Å². The smallest absolute Gasteiger partial charge is 0.0658 e. The molecule has 0 nitrogen and oxygen atoms in total. The van der Waals surface area contributed by atoms with Crippen molar-refractivity contribution < 1.29 is 0 Å². The van der Waals surface area contributed by atoms with Gasteiger partial charge in [-0.2, -0.15) is 0 Å². The third kappa shape index (κ3) is 2.79. The molecule has 0 saturated heterocycles. The molecule has 0 amide bonds. The molecule has 0 bridgehead atoms. The number of alkyl halides is 1. The zero-order chi connectivity index (χ0) is 14.3. The van der Waals surface area contributed by atoms with Gasteiger partial charge in [-0.1, -0.05) is 15.9 Å². The Kier molecular flexibility index (Phi) is 4.79. The van der Waals surface area contributed by atoms with E-state index in [2.05, 4.69) is 84.6 Å². The predicted molar refractivity (Wildman–Crippen MR) is 97.9 cm³/mol. The Labute approximate surface area is 141 Å². The van der Waals surface area contributed by atoms with Crippen molar-refractivity contribution >= 4 is 49.9 Å². The van der Waals surface area contributed by atoms with E-state index < -0.39 is 0 Å². The molecule has 0 spiro atoms. The average molecular weight is 449 g/mol. The molecule has 19 heavy (non-hydrogen) atoms. The van der Waals surface area contributed by atoms with Crippen LogP contribution in [0, 0.1) is 37.5 Å². The van der Waals surface area contributed by atoms with Crippen LogP contribution in [0.2, 0.25) is 0 Å². The second-order valence-electron chi connectivity index (χ2n) is 5.09. The highest BCUT2D eigenvalue weighted by molar-refractivity contribution is 14.1. The van der Waals surface area contributed by atoms with Crippen molar-refractivity contribution in [2.24, 2.45) is 0 Å². The number of benzene rings is 1. The van der Waals surface area contributed by atoms with Gasteiger partial charge in [0.1, 0.15) is 0 Å². The van der Waals surface area contributed by atoms with Crippen molar-refractivity contribution in [1.29, 1.82) is 0 Å². The van der Waals surface area contributed by atoms with E-state index in [1.807, 2.05) is 11.3 Å². The molecule has 0 radical (unpaired) electrons. The molecule has 0 aliphatic rings. The first-order valence-electron chi connectivity index (χ1n) is 6.29. The Hall–Kier alpha value is 0.130. The minimum absolute atomic E-state index is 0.297. The fraction of sp³-hybridized carbons (Fsp3) is 0.375. The second kappa shape index (κ2) is 5.86. The Morgan fingerprint density at radius 1 is 0.947 bits per heavy atom. The maximum atomic E-state index is 3.91. The molecule has 0 saturated carbocycles. The van der Waals surface area contributed by atoms with E-state index >= 15 is 0 Å². The van der Waals surface area contributed by atoms with Gasteiger partial charge in [-0.05, 0) is 108 Å². The van der Waals surface area contributed by atoms with Gasteiger partial charge in [0.05, 0.1) is 7.71 Å². The van der Waals surface area contributed by atoms with Crippen LogP contribution in [0.1, 0.15) is 43.8 Å². The summed E-state index contributed by atoms with van der Waals surface area (Å²) in [6.45, 7) is 11.2. The van der Waals surface area contributed by atoms with Crippen LogP contribution >= 0.6 is 49.9 Å². The van der Waals surface area contributed by atoms with E-state index in [9.17, 15) is 0 Å². The molecule has 0 aliphatic heterocycles. The van der Waals surface area contributed by atoms with Gasteiger partial charge in [0.25, 0.3) is 0 Å². The lowest BCUT2D eigenvalue weighted by Gasteiger charge is -2.22. The zero-order valence-corrected chi connectivity index (χ0v) is 16.5. The molecule has 102 valence electrons. The second-order valence-corrected chi connectivity index (χ2v) is 8.81. The Bertz CT molecular complexity index is 599. The molecule has 1 heterocycles. The molecule has 1 aromatic carbocycles. The van der Waals surface area contributed by atoms with Crippen LogP contribution in [-0.2, 0) is 0 Å². The van der Waals surface area contributed by atoms with Crippen LogP contribution in [0.4, 0.5) is 0 Å². The van der Waals surface area contributed by atoms with E-state index in [1.54, 1.807) is 0 Å². The highest BCUT2D eigenvalue weighted by Gasteiger charge is 2.20. The predicted octanol–water partition coefficient (Wildman–Crippen LogP) is 6.38. The maximum absolute atomic E-state index is 3.91. The van der Waals surface area contributed by atoms with Gasteiger partial charge in [0.15, 0.2) is 0 Å². The first-order valence-corrected chi connectivity index (χ1v) is 9.16. The number of halogens is 2.